The highest BCUT2D eigenvalue weighted by Crippen LogP contribution is 2.03. The average Bonchev–Trinajstić information content (AvgIpc) is 2.75. The van der Waals surface area contributed by atoms with Gasteiger partial charge in [-0.3, -0.25) is 0 Å². The van der Waals surface area contributed by atoms with E-state index in [1.54, 1.807) is 0 Å². The van der Waals surface area contributed by atoms with Crippen LogP contribution < -0.4 is 21.5 Å². The lowest BCUT2D eigenvalue weighted by molar-refractivity contribution is -0.702. The van der Waals surface area contributed by atoms with Crippen molar-refractivity contribution in [2.45, 2.75) is 32.7 Å². The Morgan fingerprint density at radius 2 is 1.94 bits per heavy atom. The number of imidazole rings is 1. The molecule has 0 fully saturated rings. The number of hydrogen-bond donors (Lipinski definition) is 1. The molecule has 2 rings (SSSR count). The molecule has 0 atom stereocenters. The predicted octanol–water partition coefficient (Wildman–Crippen LogP) is -0.303. The maximum absolute atomic E-state index is 3.33. The molecule has 1 aromatic carbocycles. The monoisotopic (exact) mass is 294 g/mol. The van der Waals surface area contributed by atoms with Crippen LogP contribution in [0.15, 0.2) is 42.7 Å². The van der Waals surface area contributed by atoms with Gasteiger partial charge in [0, 0.05) is 0 Å². The number of halogens is 1. The topological polar surface area (TPSA) is 19.7 Å². The second-order valence-corrected chi connectivity index (χ2v) is 4.12. The number of nitrogens with one attached hydrogen (secondary N) is 1. The Bertz CT molecular complexity index is 423. The summed E-state index contributed by atoms with van der Waals surface area (Å²) < 4.78 is 2.32. The molecule has 0 unspecified atom stereocenters. The fraction of sp³-hybridized carbons (Fsp3) is 0.357. The first-order valence-corrected chi connectivity index (χ1v) is 5.99. The Hall–Kier alpha value is -1.09. The van der Waals surface area contributed by atoms with E-state index in [1.807, 2.05) is 6.20 Å². The van der Waals surface area contributed by atoms with Gasteiger partial charge in [-0.1, -0.05) is 43.7 Å². The van der Waals surface area contributed by atoms with Crippen LogP contribution in [0.25, 0.3) is 0 Å². The SMILES string of the molecule is CCCC[n+]1cc[nH]c1Cc1ccccc1.[Br-]. The van der Waals surface area contributed by atoms with Crippen LogP contribution in [0.2, 0.25) is 0 Å². The molecule has 0 spiro atoms. The first-order chi connectivity index (χ1) is 7.90. The predicted molar refractivity (Wildman–Crippen MR) is 65.1 cm³/mol. The van der Waals surface area contributed by atoms with Crippen LogP contribution >= 0.6 is 0 Å². The Morgan fingerprint density at radius 3 is 2.65 bits per heavy atom. The first kappa shape index (κ1) is 14.0. The van der Waals surface area contributed by atoms with Crippen molar-refractivity contribution in [3.63, 3.8) is 0 Å². The third kappa shape index (κ3) is 4.00. The Balaban J connectivity index is 0.00000144. The highest BCUT2D eigenvalue weighted by Gasteiger charge is 2.10. The standard InChI is InChI=1S/C14H18N2.BrH/c1-2-3-10-16-11-9-15-14(16)12-13-7-5-4-6-8-13;/h4-9,11H,2-3,10,12H2,1H3;1H. The normalized spacial score (nSPS) is 9.94. The van der Waals surface area contributed by atoms with Gasteiger partial charge in [-0.2, -0.15) is 0 Å². The van der Waals surface area contributed by atoms with Crippen LogP contribution in [0, 0.1) is 0 Å². The largest absolute Gasteiger partial charge is 1.00 e. The van der Waals surface area contributed by atoms with Crippen LogP contribution in [0.3, 0.4) is 0 Å². The second-order valence-electron chi connectivity index (χ2n) is 4.12. The lowest BCUT2D eigenvalue weighted by Gasteiger charge is -2.00. The lowest BCUT2D eigenvalue weighted by Crippen LogP contribution is -3.00. The average molecular weight is 295 g/mol. The maximum Gasteiger partial charge on any atom is 0.258 e. The Kier molecular flexibility index (Phi) is 5.98. The van der Waals surface area contributed by atoms with E-state index in [-0.39, 0.29) is 17.0 Å². The van der Waals surface area contributed by atoms with Crippen LogP contribution in [0.4, 0.5) is 0 Å². The number of rotatable bonds is 5. The van der Waals surface area contributed by atoms with E-state index in [0.29, 0.717) is 0 Å². The van der Waals surface area contributed by atoms with Crippen molar-refractivity contribution < 1.29 is 21.5 Å². The Labute approximate surface area is 113 Å². The minimum absolute atomic E-state index is 0. The molecule has 0 aliphatic rings. The van der Waals surface area contributed by atoms with E-state index in [0.717, 1.165) is 13.0 Å². The number of H-pyrrole nitrogens is 1. The first-order valence-electron chi connectivity index (χ1n) is 5.99. The highest BCUT2D eigenvalue weighted by molar-refractivity contribution is 5.17. The summed E-state index contributed by atoms with van der Waals surface area (Å²) in [6.07, 6.45) is 7.62. The summed E-state index contributed by atoms with van der Waals surface area (Å²) >= 11 is 0. The fourth-order valence-corrected chi connectivity index (χ4v) is 1.88. The molecule has 0 amide bonds. The number of aryl methyl sites for hydroxylation is 1. The molecule has 2 aromatic rings. The van der Waals surface area contributed by atoms with Crippen LogP contribution in [0.1, 0.15) is 31.2 Å². The molecule has 0 saturated carbocycles. The number of benzene rings is 1. The van der Waals surface area contributed by atoms with Crippen molar-refractivity contribution in [2.24, 2.45) is 0 Å². The molecule has 2 nitrogen and oxygen atoms in total. The van der Waals surface area contributed by atoms with Crippen molar-refractivity contribution in [1.29, 1.82) is 0 Å². The molecule has 1 N–H and O–H groups in total. The Morgan fingerprint density at radius 1 is 1.18 bits per heavy atom. The molecule has 1 aromatic heterocycles. The van der Waals surface area contributed by atoms with Crippen molar-refractivity contribution in [2.75, 3.05) is 0 Å². The number of unbranched alkanes of at least 4 members (excludes halogenated alkanes) is 1. The zero-order valence-corrected chi connectivity index (χ0v) is 11.8. The van der Waals surface area contributed by atoms with Gasteiger partial charge in [0.15, 0.2) is 0 Å². The second kappa shape index (κ2) is 7.28. The quantitative estimate of drug-likeness (QED) is 0.731. The van der Waals surface area contributed by atoms with Crippen molar-refractivity contribution in [3.05, 3.63) is 54.1 Å². The molecular formula is C14H19BrN2. The molecule has 0 bridgehead atoms. The molecule has 0 aliphatic heterocycles. The van der Waals surface area contributed by atoms with E-state index in [9.17, 15) is 0 Å². The van der Waals surface area contributed by atoms with Gasteiger partial charge >= 0.3 is 0 Å². The van der Waals surface area contributed by atoms with Crippen LogP contribution in [-0.4, -0.2) is 4.98 Å². The zero-order chi connectivity index (χ0) is 11.2. The third-order valence-electron chi connectivity index (χ3n) is 2.82. The zero-order valence-electron chi connectivity index (χ0n) is 10.2. The van der Waals surface area contributed by atoms with Gasteiger partial charge < -0.3 is 17.0 Å². The minimum atomic E-state index is 0. The summed E-state index contributed by atoms with van der Waals surface area (Å²) in [5, 5.41) is 0. The van der Waals surface area contributed by atoms with Gasteiger partial charge in [-0.05, 0) is 12.0 Å². The summed E-state index contributed by atoms with van der Waals surface area (Å²) in [7, 11) is 0. The van der Waals surface area contributed by atoms with Gasteiger partial charge in [0.2, 0.25) is 0 Å². The molecule has 17 heavy (non-hydrogen) atoms. The van der Waals surface area contributed by atoms with Crippen molar-refractivity contribution in [1.82, 2.24) is 4.98 Å². The lowest BCUT2D eigenvalue weighted by atomic mass is 10.1. The van der Waals surface area contributed by atoms with Crippen LogP contribution in [0.5, 0.6) is 0 Å². The van der Waals surface area contributed by atoms with Gasteiger partial charge in [0.05, 0.1) is 13.0 Å². The molecule has 0 radical (unpaired) electrons. The number of aromatic nitrogens is 2. The van der Waals surface area contributed by atoms with Gasteiger partial charge in [-0.25, -0.2) is 9.55 Å². The molecule has 1 heterocycles. The van der Waals surface area contributed by atoms with E-state index < -0.39 is 0 Å². The smallest absolute Gasteiger partial charge is 0.258 e. The molecular weight excluding hydrogens is 276 g/mol. The van der Waals surface area contributed by atoms with Crippen LogP contribution in [-0.2, 0) is 13.0 Å². The molecule has 0 aliphatic carbocycles. The molecule has 92 valence electrons. The maximum atomic E-state index is 3.33. The van der Waals surface area contributed by atoms with E-state index in [1.165, 1.54) is 24.2 Å². The molecule has 3 heteroatoms. The number of hydrogen-bond acceptors (Lipinski definition) is 0. The van der Waals surface area contributed by atoms with E-state index in [2.05, 4.69) is 53.0 Å². The summed E-state index contributed by atoms with van der Waals surface area (Å²) in [4.78, 5) is 3.33. The third-order valence-corrected chi connectivity index (χ3v) is 2.82. The van der Waals surface area contributed by atoms with Gasteiger partial charge in [0.25, 0.3) is 5.82 Å². The highest BCUT2D eigenvalue weighted by atomic mass is 79.9. The summed E-state index contributed by atoms with van der Waals surface area (Å²) in [6.45, 7) is 3.34. The summed E-state index contributed by atoms with van der Waals surface area (Å²) in [5.74, 6) is 1.29. The molecule has 0 saturated heterocycles. The van der Waals surface area contributed by atoms with E-state index >= 15 is 0 Å². The summed E-state index contributed by atoms with van der Waals surface area (Å²) in [6, 6.07) is 10.6. The van der Waals surface area contributed by atoms with E-state index in [4.69, 9.17) is 0 Å². The number of aromatic amines is 1. The number of nitrogens with zero attached hydrogens (tertiary/aromatic N) is 1. The van der Waals surface area contributed by atoms with Crippen molar-refractivity contribution in [3.8, 4) is 0 Å². The van der Waals surface area contributed by atoms with Gasteiger partial charge in [0.1, 0.15) is 12.4 Å². The minimum Gasteiger partial charge on any atom is -1.00 e. The fourth-order valence-electron chi connectivity index (χ4n) is 1.88. The summed E-state index contributed by atoms with van der Waals surface area (Å²) in [5.41, 5.74) is 1.36. The van der Waals surface area contributed by atoms with Gasteiger partial charge in [-0.15, -0.1) is 0 Å². The van der Waals surface area contributed by atoms with Crippen molar-refractivity contribution >= 4 is 0 Å².